The molecule has 0 aliphatic carbocycles. The van der Waals surface area contributed by atoms with E-state index >= 15 is 0 Å². The highest BCUT2D eigenvalue weighted by molar-refractivity contribution is 5.10. The molecule has 0 amide bonds. The summed E-state index contributed by atoms with van der Waals surface area (Å²) in [6.45, 7) is 1.45. The van der Waals surface area contributed by atoms with Gasteiger partial charge < -0.3 is 5.11 Å². The van der Waals surface area contributed by atoms with Crippen molar-refractivity contribution in [1.29, 1.82) is 0 Å². The van der Waals surface area contributed by atoms with Crippen LogP contribution in [0.3, 0.4) is 0 Å². The standard InChI is InChI=1S/C12H13F13O/c1-2-3-4-6(26)5-7(13,14)8(15,16)9(17,18)10(19,20)11(21,22)12(23,24)25/h6,26H,2-5H2,1H3. The Bertz CT molecular complexity index is 468. The van der Waals surface area contributed by atoms with Crippen LogP contribution in [0.1, 0.15) is 32.6 Å². The number of hydrogen-bond donors (Lipinski definition) is 1. The molecule has 0 spiro atoms. The molecule has 0 aromatic rings. The molecule has 1 atom stereocenters. The minimum absolute atomic E-state index is 0.0679. The number of halogens is 13. The summed E-state index contributed by atoms with van der Waals surface area (Å²) >= 11 is 0. The van der Waals surface area contributed by atoms with Crippen molar-refractivity contribution in [2.75, 3.05) is 0 Å². The number of hydrogen-bond acceptors (Lipinski definition) is 1. The highest BCUT2D eigenvalue weighted by Gasteiger charge is 2.90. The van der Waals surface area contributed by atoms with E-state index in [-0.39, 0.29) is 12.8 Å². The van der Waals surface area contributed by atoms with E-state index in [9.17, 15) is 57.1 Å². The molecule has 0 radical (unpaired) electrons. The highest BCUT2D eigenvalue weighted by Crippen LogP contribution is 2.60. The summed E-state index contributed by atoms with van der Waals surface area (Å²) in [7, 11) is 0. The summed E-state index contributed by atoms with van der Waals surface area (Å²) < 4.78 is 166. The lowest BCUT2D eigenvalue weighted by Gasteiger charge is -2.40. The maximum atomic E-state index is 13.3. The predicted molar refractivity (Wildman–Crippen MR) is 60.9 cm³/mol. The van der Waals surface area contributed by atoms with Gasteiger partial charge in [0, 0.05) is 6.42 Å². The van der Waals surface area contributed by atoms with E-state index in [2.05, 4.69) is 0 Å². The van der Waals surface area contributed by atoms with Crippen molar-refractivity contribution in [3.05, 3.63) is 0 Å². The fourth-order valence-corrected chi connectivity index (χ4v) is 1.77. The lowest BCUT2D eigenvalue weighted by molar-refractivity contribution is -0.440. The Morgan fingerprint density at radius 3 is 1.38 bits per heavy atom. The molecule has 1 N–H and O–H groups in total. The summed E-state index contributed by atoms with van der Waals surface area (Å²) in [4.78, 5) is 0. The van der Waals surface area contributed by atoms with Crippen LogP contribution in [0.15, 0.2) is 0 Å². The molecule has 0 saturated heterocycles. The van der Waals surface area contributed by atoms with Gasteiger partial charge in [-0.15, -0.1) is 0 Å². The van der Waals surface area contributed by atoms with E-state index in [1.165, 1.54) is 6.92 Å². The van der Waals surface area contributed by atoms with Crippen molar-refractivity contribution in [3.63, 3.8) is 0 Å². The van der Waals surface area contributed by atoms with Crippen molar-refractivity contribution < 1.29 is 62.2 Å². The van der Waals surface area contributed by atoms with Gasteiger partial charge in [-0.25, -0.2) is 0 Å². The second kappa shape index (κ2) is 7.23. The van der Waals surface area contributed by atoms with E-state index in [4.69, 9.17) is 5.11 Å². The van der Waals surface area contributed by atoms with Gasteiger partial charge in [-0.1, -0.05) is 19.8 Å². The number of aliphatic hydroxyl groups excluding tert-OH is 1. The average molecular weight is 420 g/mol. The first-order valence-corrected chi connectivity index (χ1v) is 6.84. The molecule has 0 heterocycles. The van der Waals surface area contributed by atoms with Crippen molar-refractivity contribution in [2.45, 2.75) is 74.5 Å². The van der Waals surface area contributed by atoms with Crippen LogP contribution in [-0.2, 0) is 0 Å². The van der Waals surface area contributed by atoms with Crippen molar-refractivity contribution in [1.82, 2.24) is 0 Å². The second-order valence-corrected chi connectivity index (χ2v) is 5.50. The Balaban J connectivity index is 5.92. The SMILES string of the molecule is CCCCC(O)CC(F)(F)C(F)(F)C(F)(F)C(F)(F)C(F)(F)C(F)(F)F. The van der Waals surface area contributed by atoms with E-state index in [0.717, 1.165) is 0 Å². The fourth-order valence-electron chi connectivity index (χ4n) is 1.77. The first-order valence-electron chi connectivity index (χ1n) is 6.84. The van der Waals surface area contributed by atoms with Gasteiger partial charge in [-0.2, -0.15) is 57.1 Å². The Kier molecular flexibility index (Phi) is 6.96. The van der Waals surface area contributed by atoms with Gasteiger partial charge in [0.2, 0.25) is 0 Å². The van der Waals surface area contributed by atoms with Gasteiger partial charge in [0.05, 0.1) is 6.10 Å². The van der Waals surface area contributed by atoms with Gasteiger partial charge in [-0.05, 0) is 6.42 Å². The van der Waals surface area contributed by atoms with Crippen LogP contribution < -0.4 is 0 Å². The molecule has 1 nitrogen and oxygen atoms in total. The number of unbranched alkanes of at least 4 members (excludes halogenated alkanes) is 1. The third-order valence-electron chi connectivity index (χ3n) is 3.38. The van der Waals surface area contributed by atoms with Gasteiger partial charge >= 0.3 is 35.8 Å². The molecule has 0 saturated carbocycles. The molecule has 0 fully saturated rings. The first-order chi connectivity index (χ1) is 11.2. The number of aliphatic hydroxyl groups is 1. The molecule has 0 aliphatic heterocycles. The van der Waals surface area contributed by atoms with Crippen molar-refractivity contribution in [2.24, 2.45) is 0 Å². The summed E-state index contributed by atoms with van der Waals surface area (Å²) in [5.74, 6) is -37.0. The van der Waals surface area contributed by atoms with Crippen LogP contribution in [0.2, 0.25) is 0 Å². The normalized spacial score (nSPS) is 16.7. The summed E-state index contributed by atoms with van der Waals surface area (Å²) in [5, 5.41) is 9.06. The lowest BCUT2D eigenvalue weighted by Crippen LogP contribution is -2.70. The van der Waals surface area contributed by atoms with Crippen LogP contribution in [0, 0.1) is 0 Å². The Hall–Kier alpha value is -0.950. The molecule has 158 valence electrons. The molecule has 0 rings (SSSR count). The first kappa shape index (κ1) is 25.1. The molecule has 0 aromatic carbocycles. The quantitative estimate of drug-likeness (QED) is 0.477. The lowest BCUT2D eigenvalue weighted by atomic mass is 9.91. The predicted octanol–water partition coefficient (Wildman–Crippen LogP) is 5.67. The number of alkyl halides is 13. The largest absolute Gasteiger partial charge is 0.460 e. The van der Waals surface area contributed by atoms with E-state index in [1.807, 2.05) is 0 Å². The van der Waals surface area contributed by atoms with Crippen molar-refractivity contribution >= 4 is 0 Å². The molecular formula is C12H13F13O. The van der Waals surface area contributed by atoms with Gasteiger partial charge in [0.1, 0.15) is 0 Å². The highest BCUT2D eigenvalue weighted by atomic mass is 19.4. The van der Waals surface area contributed by atoms with Crippen LogP contribution >= 0.6 is 0 Å². The van der Waals surface area contributed by atoms with Crippen molar-refractivity contribution in [3.8, 4) is 0 Å². The third kappa shape index (κ3) is 3.98. The minimum atomic E-state index is -7.90. The molecule has 0 bridgehead atoms. The van der Waals surface area contributed by atoms with E-state index in [1.54, 1.807) is 0 Å². The topological polar surface area (TPSA) is 20.2 Å². The molecule has 26 heavy (non-hydrogen) atoms. The smallest absolute Gasteiger partial charge is 0.393 e. The molecule has 14 heteroatoms. The maximum absolute atomic E-state index is 13.3. The zero-order chi connectivity index (χ0) is 21.4. The van der Waals surface area contributed by atoms with Gasteiger partial charge in [-0.3, -0.25) is 0 Å². The zero-order valence-corrected chi connectivity index (χ0v) is 12.8. The maximum Gasteiger partial charge on any atom is 0.460 e. The fraction of sp³-hybridized carbons (Fsp3) is 1.00. The third-order valence-corrected chi connectivity index (χ3v) is 3.38. The Morgan fingerprint density at radius 2 is 1.04 bits per heavy atom. The van der Waals surface area contributed by atoms with Crippen LogP contribution in [0.5, 0.6) is 0 Å². The minimum Gasteiger partial charge on any atom is -0.393 e. The van der Waals surface area contributed by atoms with E-state index < -0.39 is 54.7 Å². The number of rotatable bonds is 9. The van der Waals surface area contributed by atoms with Crippen LogP contribution in [0.4, 0.5) is 57.1 Å². The monoisotopic (exact) mass is 420 g/mol. The zero-order valence-electron chi connectivity index (χ0n) is 12.8. The van der Waals surface area contributed by atoms with Crippen LogP contribution in [0.25, 0.3) is 0 Å². The second-order valence-electron chi connectivity index (χ2n) is 5.50. The molecule has 1 unspecified atom stereocenters. The summed E-state index contributed by atoms with van der Waals surface area (Å²) in [6.07, 6.45) is -12.9. The Labute approximate surface area is 138 Å². The Morgan fingerprint density at radius 1 is 0.654 bits per heavy atom. The average Bonchev–Trinajstić information content (AvgIpc) is 2.42. The summed E-state index contributed by atoms with van der Waals surface area (Å²) in [5.41, 5.74) is 0. The van der Waals surface area contributed by atoms with Gasteiger partial charge in [0.15, 0.2) is 0 Å². The van der Waals surface area contributed by atoms with Crippen LogP contribution in [-0.4, -0.2) is 47.0 Å². The van der Waals surface area contributed by atoms with E-state index in [0.29, 0.717) is 0 Å². The molecular weight excluding hydrogens is 407 g/mol. The molecule has 0 aliphatic rings. The van der Waals surface area contributed by atoms with Gasteiger partial charge in [0.25, 0.3) is 0 Å². The molecule has 0 aromatic heterocycles. The summed E-state index contributed by atoms with van der Waals surface area (Å²) in [6, 6.07) is 0.